The number of amides is 1. The fraction of sp³-hybridized carbons (Fsp3) is 0.550. The topological polar surface area (TPSA) is 71.3 Å². The lowest BCUT2D eigenvalue weighted by molar-refractivity contribution is -0.117. The molecule has 1 aromatic carbocycles. The monoisotopic (exact) mass is 354 g/mol. The maximum absolute atomic E-state index is 12.6. The zero-order valence-corrected chi connectivity index (χ0v) is 15.3. The fourth-order valence-electron chi connectivity index (χ4n) is 4.04. The molecule has 6 heteroatoms. The van der Waals surface area contributed by atoms with E-state index in [1.807, 2.05) is 4.90 Å². The number of hydrogen-bond donors (Lipinski definition) is 1. The van der Waals surface area contributed by atoms with Crippen LogP contribution in [0, 0.1) is 6.92 Å². The summed E-state index contributed by atoms with van der Waals surface area (Å²) in [7, 11) is 0. The van der Waals surface area contributed by atoms with Crippen molar-refractivity contribution in [2.75, 3.05) is 18.0 Å². The van der Waals surface area contributed by atoms with Gasteiger partial charge in [-0.1, -0.05) is 35.7 Å². The van der Waals surface area contributed by atoms with Gasteiger partial charge in [0.1, 0.15) is 0 Å². The van der Waals surface area contributed by atoms with Gasteiger partial charge in [-0.05, 0) is 44.2 Å². The summed E-state index contributed by atoms with van der Waals surface area (Å²) in [5, 5.41) is 7.21. The normalized spacial score (nSPS) is 17.5. The highest BCUT2D eigenvalue weighted by Crippen LogP contribution is 2.32. The van der Waals surface area contributed by atoms with Crippen LogP contribution in [0.5, 0.6) is 0 Å². The minimum absolute atomic E-state index is 0.0920. The van der Waals surface area contributed by atoms with Gasteiger partial charge < -0.3 is 14.7 Å². The van der Waals surface area contributed by atoms with Crippen molar-refractivity contribution in [3.8, 4) is 0 Å². The summed E-state index contributed by atoms with van der Waals surface area (Å²) in [6.45, 7) is 3.61. The van der Waals surface area contributed by atoms with Gasteiger partial charge in [-0.2, -0.15) is 4.98 Å². The second-order valence-corrected chi connectivity index (χ2v) is 7.41. The summed E-state index contributed by atoms with van der Waals surface area (Å²) in [5.41, 5.74) is 3.56. The van der Waals surface area contributed by atoms with E-state index in [1.54, 1.807) is 0 Å². The van der Waals surface area contributed by atoms with Gasteiger partial charge in [0.05, 0.1) is 13.1 Å². The van der Waals surface area contributed by atoms with E-state index in [0.29, 0.717) is 18.3 Å². The smallest absolute Gasteiger partial charge is 0.240 e. The maximum atomic E-state index is 12.6. The van der Waals surface area contributed by atoms with Crippen molar-refractivity contribution in [3.63, 3.8) is 0 Å². The van der Waals surface area contributed by atoms with Crippen LogP contribution in [-0.2, 0) is 17.8 Å². The SMILES string of the molecule is Cc1ccc2c(c1)CCCN2C(=O)CNCc1noc(C2CCCC2)n1. The summed E-state index contributed by atoms with van der Waals surface area (Å²) in [4.78, 5) is 19.0. The zero-order valence-electron chi connectivity index (χ0n) is 15.3. The van der Waals surface area contributed by atoms with Gasteiger partial charge in [0.25, 0.3) is 0 Å². The molecule has 2 heterocycles. The molecule has 1 aliphatic carbocycles. The summed E-state index contributed by atoms with van der Waals surface area (Å²) < 4.78 is 5.38. The molecule has 138 valence electrons. The molecule has 4 rings (SSSR count). The molecule has 0 radical (unpaired) electrons. The van der Waals surface area contributed by atoms with Gasteiger partial charge in [0, 0.05) is 18.2 Å². The summed E-state index contributed by atoms with van der Waals surface area (Å²) in [6, 6.07) is 6.32. The molecule has 26 heavy (non-hydrogen) atoms. The number of anilines is 1. The first-order valence-corrected chi connectivity index (χ1v) is 9.64. The molecular formula is C20H26N4O2. The van der Waals surface area contributed by atoms with E-state index in [0.717, 1.165) is 43.8 Å². The van der Waals surface area contributed by atoms with Crippen molar-refractivity contribution in [3.05, 3.63) is 41.0 Å². The predicted octanol–water partition coefficient (Wildman–Crippen LogP) is 3.10. The van der Waals surface area contributed by atoms with Crippen LogP contribution in [-0.4, -0.2) is 29.1 Å². The molecule has 1 fully saturated rings. The van der Waals surface area contributed by atoms with E-state index < -0.39 is 0 Å². The van der Waals surface area contributed by atoms with Crippen molar-refractivity contribution in [2.45, 2.75) is 57.9 Å². The standard InChI is InChI=1S/C20H26N4O2/c1-14-8-9-17-16(11-14)7-4-10-24(17)19(25)13-21-12-18-22-20(26-23-18)15-5-2-3-6-15/h8-9,11,15,21H,2-7,10,12-13H2,1H3. The Balaban J connectivity index is 1.32. The summed E-state index contributed by atoms with van der Waals surface area (Å²) in [6.07, 6.45) is 6.82. The van der Waals surface area contributed by atoms with Crippen LogP contribution >= 0.6 is 0 Å². The van der Waals surface area contributed by atoms with E-state index >= 15 is 0 Å². The molecule has 6 nitrogen and oxygen atoms in total. The molecule has 0 unspecified atom stereocenters. The molecule has 2 aliphatic rings. The minimum atomic E-state index is 0.0920. The first-order chi connectivity index (χ1) is 12.7. The third-order valence-corrected chi connectivity index (χ3v) is 5.40. The fourth-order valence-corrected chi connectivity index (χ4v) is 4.04. The van der Waals surface area contributed by atoms with Crippen LogP contribution in [0.4, 0.5) is 5.69 Å². The van der Waals surface area contributed by atoms with Crippen LogP contribution in [0.2, 0.25) is 0 Å². The molecule has 1 N–H and O–H groups in total. The van der Waals surface area contributed by atoms with Gasteiger partial charge >= 0.3 is 0 Å². The Morgan fingerprint density at radius 1 is 1.31 bits per heavy atom. The number of aromatic nitrogens is 2. The average molecular weight is 354 g/mol. The van der Waals surface area contributed by atoms with E-state index in [-0.39, 0.29) is 12.5 Å². The average Bonchev–Trinajstić information content (AvgIpc) is 3.32. The molecule has 0 spiro atoms. The Morgan fingerprint density at radius 2 is 2.15 bits per heavy atom. The molecule has 0 atom stereocenters. The largest absolute Gasteiger partial charge is 0.339 e. The number of carbonyl (C=O) groups is 1. The van der Waals surface area contributed by atoms with Gasteiger partial charge in [0.2, 0.25) is 11.8 Å². The quantitative estimate of drug-likeness (QED) is 0.893. The van der Waals surface area contributed by atoms with Crippen LogP contribution in [0.3, 0.4) is 0 Å². The first kappa shape index (κ1) is 17.2. The van der Waals surface area contributed by atoms with Crippen molar-refractivity contribution in [1.82, 2.24) is 15.5 Å². The highest BCUT2D eigenvalue weighted by molar-refractivity contribution is 5.96. The molecule has 1 amide bonds. The van der Waals surface area contributed by atoms with Gasteiger partial charge in [-0.25, -0.2) is 0 Å². The lowest BCUT2D eigenvalue weighted by Crippen LogP contribution is -2.41. The van der Waals surface area contributed by atoms with Crippen LogP contribution < -0.4 is 10.2 Å². The maximum Gasteiger partial charge on any atom is 0.240 e. The molecule has 2 aromatic rings. The minimum Gasteiger partial charge on any atom is -0.339 e. The Labute approximate surface area is 154 Å². The van der Waals surface area contributed by atoms with E-state index in [2.05, 4.69) is 40.6 Å². The van der Waals surface area contributed by atoms with Crippen molar-refractivity contribution in [1.29, 1.82) is 0 Å². The zero-order chi connectivity index (χ0) is 17.9. The lowest BCUT2D eigenvalue weighted by Gasteiger charge is -2.30. The third kappa shape index (κ3) is 3.65. The third-order valence-electron chi connectivity index (χ3n) is 5.40. The van der Waals surface area contributed by atoms with Crippen LogP contribution in [0.25, 0.3) is 0 Å². The number of fused-ring (bicyclic) bond motifs is 1. The van der Waals surface area contributed by atoms with E-state index in [9.17, 15) is 4.79 Å². The first-order valence-electron chi connectivity index (χ1n) is 9.64. The number of nitrogens with zero attached hydrogens (tertiary/aromatic N) is 3. The number of benzene rings is 1. The van der Waals surface area contributed by atoms with E-state index in [1.165, 1.54) is 24.0 Å². The second kappa shape index (κ2) is 7.58. The number of hydrogen-bond acceptors (Lipinski definition) is 5. The second-order valence-electron chi connectivity index (χ2n) is 7.41. The Morgan fingerprint density at radius 3 is 3.00 bits per heavy atom. The van der Waals surface area contributed by atoms with Gasteiger partial charge in [-0.3, -0.25) is 4.79 Å². The number of rotatable bonds is 5. The molecule has 0 saturated heterocycles. The molecule has 1 aromatic heterocycles. The molecule has 1 saturated carbocycles. The van der Waals surface area contributed by atoms with Crippen molar-refractivity contribution in [2.24, 2.45) is 0 Å². The lowest BCUT2D eigenvalue weighted by atomic mass is 9.99. The van der Waals surface area contributed by atoms with Gasteiger partial charge in [-0.15, -0.1) is 0 Å². The summed E-state index contributed by atoms with van der Waals surface area (Å²) in [5.74, 6) is 1.90. The molecule has 0 bridgehead atoms. The highest BCUT2D eigenvalue weighted by atomic mass is 16.5. The van der Waals surface area contributed by atoms with E-state index in [4.69, 9.17) is 4.52 Å². The number of nitrogens with one attached hydrogen (secondary N) is 1. The van der Waals surface area contributed by atoms with Crippen LogP contribution in [0.1, 0.15) is 60.9 Å². The van der Waals surface area contributed by atoms with Gasteiger partial charge in [0.15, 0.2) is 5.82 Å². The Bertz CT molecular complexity index is 780. The molecule has 1 aliphatic heterocycles. The Kier molecular flexibility index (Phi) is 5.02. The number of carbonyl (C=O) groups excluding carboxylic acids is 1. The predicted molar refractivity (Wildman–Crippen MR) is 99.1 cm³/mol. The van der Waals surface area contributed by atoms with Crippen molar-refractivity contribution < 1.29 is 9.32 Å². The Hall–Kier alpha value is -2.21. The van der Waals surface area contributed by atoms with Crippen LogP contribution in [0.15, 0.2) is 22.7 Å². The molecular weight excluding hydrogens is 328 g/mol. The number of aryl methyl sites for hydroxylation is 2. The van der Waals surface area contributed by atoms with Crippen molar-refractivity contribution >= 4 is 11.6 Å². The summed E-state index contributed by atoms with van der Waals surface area (Å²) >= 11 is 0. The highest BCUT2D eigenvalue weighted by Gasteiger charge is 2.24.